The Morgan fingerprint density at radius 2 is 1.70 bits per heavy atom. The van der Waals surface area contributed by atoms with E-state index in [4.69, 9.17) is 0 Å². The van der Waals surface area contributed by atoms with Gasteiger partial charge in [0.05, 0.1) is 12.2 Å². The summed E-state index contributed by atoms with van der Waals surface area (Å²) in [6, 6.07) is 22.8. The molecule has 0 aliphatic carbocycles. The molecule has 0 saturated carbocycles. The van der Waals surface area contributed by atoms with Crippen molar-refractivity contribution in [3.05, 3.63) is 95.8 Å². The first-order chi connectivity index (χ1) is 14.7. The summed E-state index contributed by atoms with van der Waals surface area (Å²) >= 11 is 0. The number of carbonyl (C=O) groups is 2. The van der Waals surface area contributed by atoms with E-state index >= 15 is 0 Å². The van der Waals surface area contributed by atoms with Crippen LogP contribution in [0.25, 0.3) is 0 Å². The van der Waals surface area contributed by atoms with E-state index in [1.54, 1.807) is 23.2 Å². The molecule has 0 bridgehead atoms. The number of aromatic nitrogens is 1. The third-order valence-corrected chi connectivity index (χ3v) is 5.12. The first-order valence-electron chi connectivity index (χ1n) is 10.1. The van der Waals surface area contributed by atoms with Crippen molar-refractivity contribution >= 4 is 17.6 Å². The summed E-state index contributed by atoms with van der Waals surface area (Å²) < 4.78 is 0. The molecule has 1 fully saturated rings. The van der Waals surface area contributed by atoms with E-state index in [1.165, 1.54) is 0 Å². The lowest BCUT2D eigenvalue weighted by Crippen LogP contribution is -2.49. The molecule has 6 heteroatoms. The van der Waals surface area contributed by atoms with Crippen LogP contribution >= 0.6 is 0 Å². The van der Waals surface area contributed by atoms with E-state index in [0.717, 1.165) is 29.9 Å². The molecule has 0 atom stereocenters. The molecule has 152 valence electrons. The van der Waals surface area contributed by atoms with Gasteiger partial charge in [-0.3, -0.25) is 14.7 Å². The molecule has 1 aliphatic heterocycles. The van der Waals surface area contributed by atoms with Crippen LogP contribution in [0, 0.1) is 0 Å². The number of rotatable bonds is 6. The molecule has 1 aromatic heterocycles. The topological polar surface area (TPSA) is 65.5 Å². The van der Waals surface area contributed by atoms with E-state index in [0.29, 0.717) is 25.2 Å². The van der Waals surface area contributed by atoms with Crippen LogP contribution in [0.2, 0.25) is 0 Å². The lowest BCUT2D eigenvalue weighted by molar-refractivity contribution is 0.0950. The van der Waals surface area contributed by atoms with Gasteiger partial charge in [-0.25, -0.2) is 4.79 Å². The van der Waals surface area contributed by atoms with Crippen LogP contribution in [-0.4, -0.2) is 34.9 Å². The Kier molecular flexibility index (Phi) is 6.03. The van der Waals surface area contributed by atoms with Gasteiger partial charge >= 0.3 is 6.03 Å². The predicted octanol–water partition coefficient (Wildman–Crippen LogP) is 3.84. The van der Waals surface area contributed by atoms with Crippen molar-refractivity contribution < 1.29 is 9.59 Å². The van der Waals surface area contributed by atoms with Crippen molar-refractivity contribution in [1.29, 1.82) is 0 Å². The number of hydrogen-bond acceptors (Lipinski definition) is 3. The van der Waals surface area contributed by atoms with Crippen LogP contribution < -0.4 is 10.2 Å². The highest BCUT2D eigenvalue weighted by Gasteiger charge is 2.26. The van der Waals surface area contributed by atoms with E-state index in [9.17, 15) is 9.59 Å². The summed E-state index contributed by atoms with van der Waals surface area (Å²) in [7, 11) is 0. The number of benzene rings is 2. The quantitative estimate of drug-likeness (QED) is 0.684. The lowest BCUT2D eigenvalue weighted by Gasteiger charge is -2.35. The maximum Gasteiger partial charge on any atom is 0.324 e. The number of pyridine rings is 1. The first kappa shape index (κ1) is 19.6. The zero-order chi connectivity index (χ0) is 20.8. The van der Waals surface area contributed by atoms with Crippen LogP contribution in [0.3, 0.4) is 0 Å². The zero-order valence-corrected chi connectivity index (χ0v) is 16.7. The summed E-state index contributed by atoms with van der Waals surface area (Å²) in [6.07, 6.45) is 2.61. The second-order valence-electron chi connectivity index (χ2n) is 7.25. The fourth-order valence-electron chi connectivity index (χ4n) is 3.54. The van der Waals surface area contributed by atoms with Crippen LogP contribution in [0.1, 0.15) is 28.0 Å². The Balaban J connectivity index is 1.39. The molecule has 1 aliphatic rings. The van der Waals surface area contributed by atoms with Gasteiger partial charge in [-0.2, -0.15) is 0 Å². The van der Waals surface area contributed by atoms with E-state index < -0.39 is 0 Å². The van der Waals surface area contributed by atoms with Gasteiger partial charge in [-0.05, 0) is 48.4 Å². The minimum atomic E-state index is -0.164. The molecule has 0 radical (unpaired) electrons. The van der Waals surface area contributed by atoms with Gasteiger partial charge in [0.1, 0.15) is 0 Å². The number of amides is 3. The summed E-state index contributed by atoms with van der Waals surface area (Å²) in [5.41, 5.74) is 3.28. The minimum Gasteiger partial charge on any atom is -0.346 e. The Morgan fingerprint density at radius 1 is 0.933 bits per heavy atom. The van der Waals surface area contributed by atoms with E-state index in [1.807, 2.05) is 65.6 Å². The molecule has 3 aromatic rings. The van der Waals surface area contributed by atoms with E-state index in [2.05, 4.69) is 10.3 Å². The Hall–Kier alpha value is -3.67. The van der Waals surface area contributed by atoms with Crippen LogP contribution in [0.15, 0.2) is 79.0 Å². The van der Waals surface area contributed by atoms with Gasteiger partial charge in [0.25, 0.3) is 5.91 Å². The Morgan fingerprint density at radius 3 is 2.43 bits per heavy atom. The predicted molar refractivity (Wildman–Crippen MR) is 116 cm³/mol. The van der Waals surface area contributed by atoms with Crippen LogP contribution in [-0.2, 0) is 13.1 Å². The average molecular weight is 400 g/mol. The Labute approximate surface area is 176 Å². The summed E-state index contributed by atoms with van der Waals surface area (Å²) in [5.74, 6) is -0.164. The summed E-state index contributed by atoms with van der Waals surface area (Å²) in [6.45, 7) is 2.40. The third kappa shape index (κ3) is 4.66. The average Bonchev–Trinajstić information content (AvgIpc) is 2.80. The minimum absolute atomic E-state index is 0.00236. The highest BCUT2D eigenvalue weighted by molar-refractivity contribution is 5.96. The molecule has 30 heavy (non-hydrogen) atoms. The third-order valence-electron chi connectivity index (χ3n) is 5.12. The van der Waals surface area contributed by atoms with Gasteiger partial charge in [0, 0.05) is 37.1 Å². The number of anilines is 1. The van der Waals surface area contributed by atoms with Gasteiger partial charge < -0.3 is 10.2 Å². The highest BCUT2D eigenvalue weighted by atomic mass is 16.2. The van der Waals surface area contributed by atoms with Gasteiger partial charge in [0.15, 0.2) is 0 Å². The molecule has 1 N–H and O–H groups in total. The van der Waals surface area contributed by atoms with Crippen LogP contribution in [0.4, 0.5) is 10.5 Å². The molecular formula is C24H24N4O2. The number of nitrogens with zero attached hydrogens (tertiary/aromatic N) is 3. The normalized spacial score (nSPS) is 13.9. The molecule has 1 saturated heterocycles. The molecule has 3 amide bonds. The summed E-state index contributed by atoms with van der Waals surface area (Å²) in [4.78, 5) is 33.2. The maximum absolute atomic E-state index is 13.0. The number of urea groups is 1. The number of carbonyl (C=O) groups excluding carboxylic acids is 2. The lowest BCUT2D eigenvalue weighted by atomic mass is 10.1. The first-order valence-corrected chi connectivity index (χ1v) is 10.1. The molecular weight excluding hydrogens is 376 g/mol. The molecule has 4 rings (SSSR count). The Bertz CT molecular complexity index is 991. The van der Waals surface area contributed by atoms with Crippen molar-refractivity contribution in [2.45, 2.75) is 19.5 Å². The largest absolute Gasteiger partial charge is 0.346 e. The molecule has 6 nitrogen and oxygen atoms in total. The van der Waals surface area contributed by atoms with Crippen molar-refractivity contribution in [3.8, 4) is 0 Å². The molecule has 0 unspecified atom stereocenters. The monoisotopic (exact) mass is 400 g/mol. The molecule has 2 aromatic carbocycles. The standard InChI is InChI=1S/C24H24N4O2/c29-23(26-17-21-9-4-5-14-25-21)20-10-12-22(13-11-20)28-16-6-15-27(24(28)30)18-19-7-2-1-3-8-19/h1-5,7-14H,6,15-18H2,(H,26,29). The number of nitrogens with one attached hydrogen (secondary N) is 1. The fraction of sp³-hybridized carbons (Fsp3) is 0.208. The van der Waals surface area contributed by atoms with Gasteiger partial charge in [-0.1, -0.05) is 36.4 Å². The van der Waals surface area contributed by atoms with Crippen molar-refractivity contribution in [3.63, 3.8) is 0 Å². The van der Waals surface area contributed by atoms with Gasteiger partial charge in [0.2, 0.25) is 0 Å². The second kappa shape index (κ2) is 9.22. The fourth-order valence-corrected chi connectivity index (χ4v) is 3.54. The molecule has 2 heterocycles. The van der Waals surface area contributed by atoms with Crippen LogP contribution in [0.5, 0.6) is 0 Å². The smallest absolute Gasteiger partial charge is 0.324 e. The molecule has 0 spiro atoms. The zero-order valence-electron chi connectivity index (χ0n) is 16.7. The summed E-state index contributed by atoms with van der Waals surface area (Å²) in [5, 5.41) is 2.87. The van der Waals surface area contributed by atoms with Crippen molar-refractivity contribution in [2.75, 3.05) is 18.0 Å². The van der Waals surface area contributed by atoms with E-state index in [-0.39, 0.29) is 11.9 Å². The maximum atomic E-state index is 13.0. The van der Waals surface area contributed by atoms with Crippen molar-refractivity contribution in [2.24, 2.45) is 0 Å². The second-order valence-corrected chi connectivity index (χ2v) is 7.25. The number of hydrogen-bond donors (Lipinski definition) is 1. The highest BCUT2D eigenvalue weighted by Crippen LogP contribution is 2.22. The van der Waals surface area contributed by atoms with Crippen molar-refractivity contribution in [1.82, 2.24) is 15.2 Å². The van der Waals surface area contributed by atoms with Gasteiger partial charge in [-0.15, -0.1) is 0 Å². The SMILES string of the molecule is O=C(NCc1ccccn1)c1ccc(N2CCCN(Cc3ccccc3)C2=O)cc1.